The smallest absolute Gasteiger partial charge is 0.243 e. The summed E-state index contributed by atoms with van der Waals surface area (Å²) in [4.78, 5) is 16.5. The van der Waals surface area contributed by atoms with Gasteiger partial charge in [0.05, 0.1) is 16.4 Å². The number of nitrogens with one attached hydrogen (secondary N) is 1. The lowest BCUT2D eigenvalue weighted by atomic mass is 10.2. The van der Waals surface area contributed by atoms with Crippen LogP contribution in [-0.4, -0.2) is 43.8 Å². The summed E-state index contributed by atoms with van der Waals surface area (Å²) in [6, 6.07) is 5.86. The maximum atomic E-state index is 12.4. The normalized spacial score (nSPS) is 11.7. The van der Waals surface area contributed by atoms with Crippen LogP contribution in [0.4, 0.5) is 0 Å². The van der Waals surface area contributed by atoms with Crippen LogP contribution in [0.1, 0.15) is 23.5 Å². The molecule has 1 amide bonds. The van der Waals surface area contributed by atoms with E-state index in [9.17, 15) is 13.2 Å². The molecule has 26 heavy (non-hydrogen) atoms. The fourth-order valence-corrected chi connectivity index (χ4v) is 4.35. The van der Waals surface area contributed by atoms with Crippen LogP contribution in [0.15, 0.2) is 34.5 Å². The number of nitrogens with zero attached hydrogens (tertiary/aromatic N) is 2. The van der Waals surface area contributed by atoms with Gasteiger partial charge in [0.25, 0.3) is 0 Å². The Balaban J connectivity index is 1.73. The highest BCUT2D eigenvalue weighted by Crippen LogP contribution is 2.17. The van der Waals surface area contributed by atoms with Gasteiger partial charge < -0.3 is 5.32 Å². The highest BCUT2D eigenvalue weighted by atomic mass is 35.5. The number of rotatable bonds is 9. The first-order chi connectivity index (χ1) is 12.3. The first kappa shape index (κ1) is 20.8. The number of amides is 1. The summed E-state index contributed by atoms with van der Waals surface area (Å²) in [5.74, 6) is -0.324. The van der Waals surface area contributed by atoms with Crippen molar-refractivity contribution in [3.63, 3.8) is 0 Å². The van der Waals surface area contributed by atoms with Crippen LogP contribution in [0.3, 0.4) is 0 Å². The van der Waals surface area contributed by atoms with Crippen LogP contribution < -0.4 is 5.32 Å². The number of hydrogen-bond acceptors (Lipinski definition) is 5. The van der Waals surface area contributed by atoms with E-state index in [1.54, 1.807) is 11.3 Å². The number of hydrogen-bond donors (Lipinski definition) is 1. The predicted molar refractivity (Wildman–Crippen MR) is 104 cm³/mol. The van der Waals surface area contributed by atoms with Gasteiger partial charge >= 0.3 is 0 Å². The van der Waals surface area contributed by atoms with Gasteiger partial charge in [0.15, 0.2) is 0 Å². The molecule has 6 nitrogen and oxygen atoms in total. The zero-order valence-corrected chi connectivity index (χ0v) is 17.1. The van der Waals surface area contributed by atoms with Gasteiger partial charge in [-0.15, -0.1) is 11.3 Å². The van der Waals surface area contributed by atoms with Gasteiger partial charge in [-0.25, -0.2) is 13.4 Å². The number of unbranched alkanes of at least 4 members (excludes halogenated alkanes) is 1. The standard InChI is InChI=1S/C17H22ClN3O3S2/c1-13-12-25-17(20-13)5-3-4-10-19-16(22)11-21(2)26(23,24)15-8-6-14(18)7-9-15/h6-9,12H,3-5,10-11H2,1-2H3,(H,19,22). The summed E-state index contributed by atoms with van der Waals surface area (Å²) in [7, 11) is -2.33. The highest BCUT2D eigenvalue weighted by Gasteiger charge is 2.22. The first-order valence-corrected chi connectivity index (χ1v) is 10.9. The number of aromatic nitrogens is 1. The van der Waals surface area contributed by atoms with Crippen molar-refractivity contribution >= 4 is 38.9 Å². The van der Waals surface area contributed by atoms with Crippen LogP contribution in [0.25, 0.3) is 0 Å². The molecule has 0 radical (unpaired) electrons. The molecule has 1 aromatic heterocycles. The van der Waals surface area contributed by atoms with E-state index in [-0.39, 0.29) is 17.3 Å². The van der Waals surface area contributed by atoms with Crippen molar-refractivity contribution in [3.05, 3.63) is 45.4 Å². The summed E-state index contributed by atoms with van der Waals surface area (Å²) in [5, 5.41) is 6.33. The van der Waals surface area contributed by atoms with E-state index < -0.39 is 10.0 Å². The SMILES string of the molecule is Cc1csc(CCCCNC(=O)CN(C)S(=O)(=O)c2ccc(Cl)cc2)n1. The molecule has 2 aromatic rings. The number of benzene rings is 1. The van der Waals surface area contributed by atoms with Crippen molar-refractivity contribution in [2.75, 3.05) is 20.1 Å². The number of sulfonamides is 1. The lowest BCUT2D eigenvalue weighted by Gasteiger charge is -2.17. The Morgan fingerprint density at radius 3 is 2.58 bits per heavy atom. The Morgan fingerprint density at radius 2 is 1.96 bits per heavy atom. The Labute approximate surface area is 163 Å². The van der Waals surface area contributed by atoms with Gasteiger partial charge in [-0.3, -0.25) is 4.79 Å². The van der Waals surface area contributed by atoms with Crippen molar-refractivity contribution in [2.45, 2.75) is 31.1 Å². The maximum absolute atomic E-state index is 12.4. The molecule has 0 fully saturated rings. The molecule has 2 rings (SSSR count). The lowest BCUT2D eigenvalue weighted by Crippen LogP contribution is -2.38. The van der Waals surface area contributed by atoms with E-state index in [1.807, 2.05) is 12.3 Å². The quantitative estimate of drug-likeness (QED) is 0.638. The van der Waals surface area contributed by atoms with Crippen molar-refractivity contribution < 1.29 is 13.2 Å². The molecule has 0 aliphatic heterocycles. The van der Waals surface area contributed by atoms with Crippen molar-refractivity contribution in [3.8, 4) is 0 Å². The molecular formula is C17H22ClN3O3S2. The molecule has 9 heteroatoms. The van der Waals surface area contributed by atoms with Crippen molar-refractivity contribution in [2.24, 2.45) is 0 Å². The second kappa shape index (κ2) is 9.45. The minimum absolute atomic E-state index is 0.107. The number of carbonyl (C=O) groups excluding carboxylic acids is 1. The van der Waals surface area contributed by atoms with Gasteiger partial charge in [0.1, 0.15) is 0 Å². The molecule has 0 aliphatic carbocycles. The largest absolute Gasteiger partial charge is 0.355 e. The van der Waals surface area contributed by atoms with E-state index in [0.29, 0.717) is 11.6 Å². The van der Waals surface area contributed by atoms with Crippen molar-refractivity contribution in [1.29, 1.82) is 0 Å². The van der Waals surface area contributed by atoms with Crippen molar-refractivity contribution in [1.82, 2.24) is 14.6 Å². The van der Waals surface area contributed by atoms with E-state index in [0.717, 1.165) is 34.3 Å². The third kappa shape index (κ3) is 6.05. The molecule has 0 unspecified atom stereocenters. The molecule has 0 saturated heterocycles. The predicted octanol–water partition coefficient (Wildman–Crippen LogP) is 2.86. The van der Waals surface area contributed by atoms with Crippen LogP contribution in [-0.2, 0) is 21.2 Å². The van der Waals surface area contributed by atoms with Gasteiger partial charge in [-0.2, -0.15) is 4.31 Å². The Morgan fingerprint density at radius 1 is 1.27 bits per heavy atom. The zero-order valence-electron chi connectivity index (χ0n) is 14.7. The summed E-state index contributed by atoms with van der Waals surface area (Å²) in [6.07, 6.45) is 2.63. The topological polar surface area (TPSA) is 79.4 Å². The number of likely N-dealkylation sites (N-methyl/N-ethyl adjacent to an activating group) is 1. The summed E-state index contributed by atoms with van der Waals surface area (Å²) >= 11 is 7.42. The number of halogens is 1. The maximum Gasteiger partial charge on any atom is 0.243 e. The summed E-state index contributed by atoms with van der Waals surface area (Å²) in [6.45, 7) is 2.25. The average molecular weight is 416 g/mol. The monoisotopic (exact) mass is 415 g/mol. The molecule has 1 heterocycles. The average Bonchev–Trinajstić information content (AvgIpc) is 3.00. The second-order valence-corrected chi connectivity index (χ2v) is 9.33. The van der Waals surface area contributed by atoms with E-state index >= 15 is 0 Å². The van der Waals surface area contributed by atoms with Crippen LogP contribution >= 0.6 is 22.9 Å². The van der Waals surface area contributed by atoms with Crippen LogP contribution in [0.2, 0.25) is 5.02 Å². The second-order valence-electron chi connectivity index (χ2n) is 5.90. The van der Waals surface area contributed by atoms with Crippen LogP contribution in [0, 0.1) is 6.92 Å². The minimum Gasteiger partial charge on any atom is -0.355 e. The van der Waals surface area contributed by atoms with E-state index in [4.69, 9.17) is 11.6 Å². The number of aryl methyl sites for hydroxylation is 2. The van der Waals surface area contributed by atoms with E-state index in [1.165, 1.54) is 31.3 Å². The molecule has 0 bridgehead atoms. The van der Waals surface area contributed by atoms with Gasteiger partial charge in [-0.1, -0.05) is 11.6 Å². The zero-order chi connectivity index (χ0) is 19.2. The van der Waals surface area contributed by atoms with E-state index in [2.05, 4.69) is 10.3 Å². The minimum atomic E-state index is -3.71. The number of carbonyl (C=O) groups is 1. The molecule has 0 saturated carbocycles. The summed E-state index contributed by atoms with van der Waals surface area (Å²) < 4.78 is 25.9. The third-order valence-electron chi connectivity index (χ3n) is 3.69. The molecule has 142 valence electrons. The van der Waals surface area contributed by atoms with Gasteiger partial charge in [0.2, 0.25) is 15.9 Å². The third-order valence-corrected chi connectivity index (χ3v) is 6.79. The molecule has 0 aliphatic rings. The molecular weight excluding hydrogens is 394 g/mol. The van der Waals surface area contributed by atoms with Gasteiger partial charge in [0, 0.05) is 29.7 Å². The van der Waals surface area contributed by atoms with Crippen LogP contribution in [0.5, 0.6) is 0 Å². The molecule has 0 atom stereocenters. The molecule has 0 spiro atoms. The Bertz CT molecular complexity index is 835. The number of thiazole rings is 1. The fraction of sp³-hybridized carbons (Fsp3) is 0.412. The van der Waals surface area contributed by atoms with Gasteiger partial charge in [-0.05, 0) is 50.5 Å². The first-order valence-electron chi connectivity index (χ1n) is 8.18. The molecule has 1 aromatic carbocycles. The summed E-state index contributed by atoms with van der Waals surface area (Å²) in [5.41, 5.74) is 1.03. The Hall–Kier alpha value is -1.48. The Kier molecular flexibility index (Phi) is 7.57. The fourth-order valence-electron chi connectivity index (χ4n) is 2.28. The lowest BCUT2D eigenvalue weighted by molar-refractivity contribution is -0.121. The molecule has 1 N–H and O–H groups in total. The highest BCUT2D eigenvalue weighted by molar-refractivity contribution is 7.89.